The van der Waals surface area contributed by atoms with E-state index in [9.17, 15) is 4.79 Å². The number of likely N-dealkylation sites (tertiary alicyclic amines) is 2. The summed E-state index contributed by atoms with van der Waals surface area (Å²) < 4.78 is 0. The van der Waals surface area contributed by atoms with Crippen LogP contribution < -0.4 is 5.32 Å². The molecule has 3 aliphatic rings. The van der Waals surface area contributed by atoms with Crippen LogP contribution >= 0.6 is 0 Å². The SMILES string of the molecule is CN1CCC(C(=O)N2CC3CCCNC3C2)C1. The van der Waals surface area contributed by atoms with E-state index in [4.69, 9.17) is 0 Å². The van der Waals surface area contributed by atoms with E-state index in [1.165, 1.54) is 12.8 Å². The minimum Gasteiger partial charge on any atom is -0.341 e. The molecule has 0 spiro atoms. The van der Waals surface area contributed by atoms with Gasteiger partial charge in [-0.15, -0.1) is 0 Å². The second-order valence-electron chi connectivity index (χ2n) is 5.95. The lowest BCUT2D eigenvalue weighted by Crippen LogP contribution is -2.41. The van der Waals surface area contributed by atoms with Crippen LogP contribution in [0.15, 0.2) is 0 Å². The number of fused-ring (bicyclic) bond motifs is 1. The van der Waals surface area contributed by atoms with Gasteiger partial charge in [-0.25, -0.2) is 0 Å². The van der Waals surface area contributed by atoms with E-state index < -0.39 is 0 Å². The molecular weight excluding hydrogens is 214 g/mol. The number of rotatable bonds is 1. The molecule has 17 heavy (non-hydrogen) atoms. The molecule has 0 aromatic heterocycles. The second-order valence-corrected chi connectivity index (χ2v) is 5.95. The first-order valence-electron chi connectivity index (χ1n) is 6.95. The van der Waals surface area contributed by atoms with Crippen LogP contribution in [-0.4, -0.2) is 61.5 Å². The summed E-state index contributed by atoms with van der Waals surface area (Å²) in [6.45, 7) is 5.11. The smallest absolute Gasteiger partial charge is 0.227 e. The van der Waals surface area contributed by atoms with Gasteiger partial charge in [-0.05, 0) is 45.3 Å². The van der Waals surface area contributed by atoms with Gasteiger partial charge >= 0.3 is 0 Å². The summed E-state index contributed by atoms with van der Waals surface area (Å²) in [4.78, 5) is 16.8. The molecule has 3 atom stereocenters. The van der Waals surface area contributed by atoms with E-state index in [0.29, 0.717) is 17.9 Å². The number of nitrogens with zero attached hydrogens (tertiary/aromatic N) is 2. The largest absolute Gasteiger partial charge is 0.341 e. The van der Waals surface area contributed by atoms with Gasteiger partial charge in [-0.1, -0.05) is 0 Å². The van der Waals surface area contributed by atoms with Crippen LogP contribution in [0.3, 0.4) is 0 Å². The summed E-state index contributed by atoms with van der Waals surface area (Å²) in [5.41, 5.74) is 0. The molecule has 3 heterocycles. The molecule has 0 aromatic carbocycles. The number of hydrogen-bond acceptors (Lipinski definition) is 3. The fraction of sp³-hybridized carbons (Fsp3) is 0.923. The van der Waals surface area contributed by atoms with Crippen molar-refractivity contribution in [3.05, 3.63) is 0 Å². The Morgan fingerprint density at radius 2 is 2.12 bits per heavy atom. The highest BCUT2D eigenvalue weighted by atomic mass is 16.2. The molecule has 0 radical (unpaired) electrons. The first kappa shape index (κ1) is 11.5. The van der Waals surface area contributed by atoms with Crippen molar-refractivity contribution in [3.8, 4) is 0 Å². The van der Waals surface area contributed by atoms with Crippen LogP contribution in [0.4, 0.5) is 0 Å². The average Bonchev–Trinajstić information content (AvgIpc) is 2.93. The van der Waals surface area contributed by atoms with Gasteiger partial charge in [-0.2, -0.15) is 0 Å². The Morgan fingerprint density at radius 1 is 1.24 bits per heavy atom. The Balaban J connectivity index is 1.60. The van der Waals surface area contributed by atoms with Crippen molar-refractivity contribution < 1.29 is 4.79 Å². The van der Waals surface area contributed by atoms with Crippen LogP contribution in [0.1, 0.15) is 19.3 Å². The molecule has 3 rings (SSSR count). The zero-order valence-corrected chi connectivity index (χ0v) is 10.7. The van der Waals surface area contributed by atoms with E-state index in [1.807, 2.05) is 0 Å². The number of hydrogen-bond donors (Lipinski definition) is 1. The zero-order valence-electron chi connectivity index (χ0n) is 10.7. The Kier molecular flexibility index (Phi) is 3.09. The molecule has 96 valence electrons. The van der Waals surface area contributed by atoms with E-state index in [2.05, 4.69) is 22.2 Å². The highest BCUT2D eigenvalue weighted by Crippen LogP contribution is 2.27. The first-order chi connectivity index (χ1) is 8.24. The normalized spacial score (nSPS) is 38.4. The van der Waals surface area contributed by atoms with E-state index in [1.54, 1.807) is 0 Å². The second kappa shape index (κ2) is 4.58. The van der Waals surface area contributed by atoms with Crippen LogP contribution in [0.25, 0.3) is 0 Å². The minimum atomic E-state index is 0.264. The number of amides is 1. The quantitative estimate of drug-likeness (QED) is 0.705. The molecule has 3 saturated heterocycles. The summed E-state index contributed by atoms with van der Waals surface area (Å²) in [6, 6.07) is 0.576. The molecule has 0 saturated carbocycles. The van der Waals surface area contributed by atoms with E-state index >= 15 is 0 Å². The third-order valence-corrected chi connectivity index (χ3v) is 4.65. The highest BCUT2D eigenvalue weighted by Gasteiger charge is 2.39. The maximum absolute atomic E-state index is 12.4. The van der Waals surface area contributed by atoms with Gasteiger partial charge in [0.25, 0.3) is 0 Å². The lowest BCUT2D eigenvalue weighted by molar-refractivity contribution is -0.134. The third-order valence-electron chi connectivity index (χ3n) is 4.65. The van der Waals surface area contributed by atoms with Gasteiger partial charge in [0.15, 0.2) is 0 Å². The molecule has 1 N–H and O–H groups in total. The van der Waals surface area contributed by atoms with Crippen LogP contribution in [0.2, 0.25) is 0 Å². The fourth-order valence-electron chi connectivity index (χ4n) is 3.62. The van der Waals surface area contributed by atoms with Crippen molar-refractivity contribution in [3.63, 3.8) is 0 Å². The maximum atomic E-state index is 12.4. The van der Waals surface area contributed by atoms with Crippen LogP contribution in [-0.2, 0) is 4.79 Å². The van der Waals surface area contributed by atoms with Crippen LogP contribution in [0, 0.1) is 11.8 Å². The van der Waals surface area contributed by atoms with Gasteiger partial charge in [0, 0.05) is 25.7 Å². The highest BCUT2D eigenvalue weighted by molar-refractivity contribution is 5.79. The summed E-state index contributed by atoms with van der Waals surface area (Å²) in [5, 5.41) is 3.56. The van der Waals surface area contributed by atoms with Gasteiger partial charge in [0.05, 0.1) is 5.92 Å². The van der Waals surface area contributed by atoms with E-state index in [0.717, 1.165) is 39.1 Å². The maximum Gasteiger partial charge on any atom is 0.227 e. The van der Waals surface area contributed by atoms with Gasteiger partial charge in [0.2, 0.25) is 5.91 Å². The fourth-order valence-corrected chi connectivity index (χ4v) is 3.62. The summed E-state index contributed by atoms with van der Waals surface area (Å²) in [6.07, 6.45) is 3.62. The first-order valence-corrected chi connectivity index (χ1v) is 6.95. The molecule has 1 amide bonds. The molecule has 4 heteroatoms. The average molecular weight is 237 g/mol. The van der Waals surface area contributed by atoms with Crippen molar-refractivity contribution in [2.45, 2.75) is 25.3 Å². The molecule has 3 aliphatic heterocycles. The number of piperidine rings is 1. The molecular formula is C13H23N3O. The molecule has 0 aliphatic carbocycles. The number of nitrogens with one attached hydrogen (secondary N) is 1. The topological polar surface area (TPSA) is 35.6 Å². The molecule has 0 bridgehead atoms. The predicted molar refractivity (Wildman–Crippen MR) is 66.7 cm³/mol. The number of carbonyl (C=O) groups excluding carboxylic acids is 1. The molecule has 0 aromatic rings. The van der Waals surface area contributed by atoms with Crippen molar-refractivity contribution >= 4 is 5.91 Å². The monoisotopic (exact) mass is 237 g/mol. The zero-order chi connectivity index (χ0) is 11.8. The predicted octanol–water partition coefficient (Wildman–Crippen LogP) is 0.149. The standard InChI is InChI=1S/C13H23N3O/c1-15-6-4-11(7-15)13(17)16-8-10-3-2-5-14-12(10)9-16/h10-12,14H,2-9H2,1H3. The van der Waals surface area contributed by atoms with Gasteiger partial charge in [-0.3, -0.25) is 4.79 Å². The Bertz CT molecular complexity index is 293. The third kappa shape index (κ3) is 2.20. The Labute approximate surface area is 103 Å². The van der Waals surface area contributed by atoms with Crippen molar-refractivity contribution in [2.24, 2.45) is 11.8 Å². The summed E-state index contributed by atoms with van der Waals surface area (Å²) in [7, 11) is 2.11. The lowest BCUT2D eigenvalue weighted by atomic mass is 9.94. The minimum absolute atomic E-state index is 0.264. The Morgan fingerprint density at radius 3 is 2.82 bits per heavy atom. The summed E-state index contributed by atoms with van der Waals surface area (Å²) in [5.74, 6) is 1.39. The molecule has 3 fully saturated rings. The van der Waals surface area contributed by atoms with Crippen LogP contribution in [0.5, 0.6) is 0 Å². The summed E-state index contributed by atoms with van der Waals surface area (Å²) >= 11 is 0. The van der Waals surface area contributed by atoms with Gasteiger partial charge in [0.1, 0.15) is 0 Å². The van der Waals surface area contributed by atoms with Crippen molar-refractivity contribution in [1.82, 2.24) is 15.1 Å². The van der Waals surface area contributed by atoms with Crippen molar-refractivity contribution in [1.29, 1.82) is 0 Å². The molecule has 4 nitrogen and oxygen atoms in total. The van der Waals surface area contributed by atoms with Gasteiger partial charge < -0.3 is 15.1 Å². The number of carbonyl (C=O) groups is 1. The van der Waals surface area contributed by atoms with Crippen molar-refractivity contribution in [2.75, 3.05) is 39.8 Å². The van der Waals surface area contributed by atoms with E-state index in [-0.39, 0.29) is 5.92 Å². The lowest BCUT2D eigenvalue weighted by Gasteiger charge is -2.24. The molecule has 3 unspecified atom stereocenters. The Hall–Kier alpha value is -0.610.